The van der Waals surface area contributed by atoms with Gasteiger partial charge < -0.3 is 9.53 Å². The first-order valence-electron chi connectivity index (χ1n) is 8.97. The van der Waals surface area contributed by atoms with E-state index in [0.29, 0.717) is 12.8 Å². The number of rotatable bonds is 4. The van der Waals surface area contributed by atoms with Gasteiger partial charge in [-0.2, -0.15) is 0 Å². The van der Waals surface area contributed by atoms with Crippen LogP contribution in [0.25, 0.3) is 0 Å². The Morgan fingerprint density at radius 2 is 1.40 bits per heavy atom. The molecule has 0 saturated heterocycles. The van der Waals surface area contributed by atoms with E-state index in [1.54, 1.807) is 0 Å². The monoisotopic (exact) mass is 358 g/mol. The first kappa shape index (κ1) is 18.3. The molecule has 0 spiro atoms. The van der Waals surface area contributed by atoms with E-state index in [2.05, 4.69) is 45.0 Å². The maximum Gasteiger partial charge on any atom is 0.261 e. The normalized spacial score (nSPS) is 24.4. The molecular formula is C21H27FO2Si. The Kier molecular flexibility index (Phi) is 5.14. The lowest BCUT2D eigenvalue weighted by atomic mass is 10.2. The second kappa shape index (κ2) is 7.02. The van der Waals surface area contributed by atoms with Crippen LogP contribution >= 0.6 is 0 Å². The summed E-state index contributed by atoms with van der Waals surface area (Å²) in [6.45, 7) is 6.54. The van der Waals surface area contributed by atoms with Crippen LogP contribution in [0, 0.1) is 0 Å². The lowest BCUT2D eigenvalue weighted by molar-refractivity contribution is 0.0444. The summed E-state index contributed by atoms with van der Waals surface area (Å²) in [7, 11) is -2.74. The molecule has 1 aliphatic carbocycles. The summed E-state index contributed by atoms with van der Waals surface area (Å²) in [5, 5.41) is 12.0. The fourth-order valence-corrected chi connectivity index (χ4v) is 8.66. The van der Waals surface area contributed by atoms with E-state index in [-0.39, 0.29) is 5.04 Å². The summed E-state index contributed by atoms with van der Waals surface area (Å²) in [5.41, 5.74) is 0. The molecule has 1 saturated carbocycles. The number of alkyl halides is 1. The molecule has 1 aliphatic rings. The van der Waals surface area contributed by atoms with Gasteiger partial charge in [-0.05, 0) is 28.3 Å². The number of aliphatic hydroxyl groups is 1. The van der Waals surface area contributed by atoms with Crippen molar-refractivity contribution in [2.24, 2.45) is 0 Å². The van der Waals surface area contributed by atoms with Gasteiger partial charge in [-0.3, -0.25) is 0 Å². The maximum atomic E-state index is 14.6. The van der Waals surface area contributed by atoms with Gasteiger partial charge in [0.25, 0.3) is 8.32 Å². The fraction of sp³-hybridized carbons (Fsp3) is 0.429. The van der Waals surface area contributed by atoms with Crippen molar-refractivity contribution in [2.45, 2.75) is 57.0 Å². The van der Waals surface area contributed by atoms with Crippen molar-refractivity contribution < 1.29 is 13.9 Å². The number of hydrogen-bond donors (Lipinski definition) is 1. The average molecular weight is 359 g/mol. The van der Waals surface area contributed by atoms with Crippen molar-refractivity contribution in [3.8, 4) is 0 Å². The zero-order valence-electron chi connectivity index (χ0n) is 15.2. The first-order chi connectivity index (χ1) is 11.9. The molecule has 1 N–H and O–H groups in total. The molecule has 2 aromatic carbocycles. The molecule has 3 unspecified atom stereocenters. The van der Waals surface area contributed by atoms with Gasteiger partial charge in [-0.25, -0.2) is 4.39 Å². The maximum absolute atomic E-state index is 14.6. The molecule has 0 aromatic heterocycles. The predicted molar refractivity (Wildman–Crippen MR) is 103 cm³/mol. The first-order valence-corrected chi connectivity index (χ1v) is 10.9. The SMILES string of the molecule is CC(C)(C)[Si](OC1CCC(O)C1F)(c1ccccc1)c1ccccc1. The summed E-state index contributed by atoms with van der Waals surface area (Å²) < 4.78 is 21.3. The molecule has 2 nitrogen and oxygen atoms in total. The third-order valence-electron chi connectivity index (χ3n) is 5.21. The van der Waals surface area contributed by atoms with E-state index in [4.69, 9.17) is 4.43 Å². The zero-order valence-corrected chi connectivity index (χ0v) is 16.2. The Labute approximate surface area is 150 Å². The smallest absolute Gasteiger partial charge is 0.261 e. The Morgan fingerprint density at radius 1 is 0.920 bits per heavy atom. The zero-order chi connectivity index (χ0) is 18.1. The Balaban J connectivity index is 2.16. The molecule has 2 aromatic rings. The van der Waals surface area contributed by atoms with Crippen molar-refractivity contribution in [1.29, 1.82) is 0 Å². The molecule has 3 rings (SSSR count). The van der Waals surface area contributed by atoms with E-state index in [9.17, 15) is 9.50 Å². The number of benzene rings is 2. The molecule has 0 bridgehead atoms. The molecular weight excluding hydrogens is 331 g/mol. The molecule has 0 radical (unpaired) electrons. The van der Waals surface area contributed by atoms with Gasteiger partial charge in [0, 0.05) is 0 Å². The molecule has 0 amide bonds. The number of aliphatic hydroxyl groups excluding tert-OH is 1. The van der Waals surface area contributed by atoms with E-state index in [1.165, 1.54) is 0 Å². The van der Waals surface area contributed by atoms with Gasteiger partial charge in [0.05, 0.1) is 12.2 Å². The van der Waals surface area contributed by atoms with Crippen molar-refractivity contribution in [1.82, 2.24) is 0 Å². The highest BCUT2D eigenvalue weighted by atomic mass is 28.4. The van der Waals surface area contributed by atoms with Crippen LogP contribution in [-0.2, 0) is 4.43 Å². The summed E-state index contributed by atoms with van der Waals surface area (Å²) in [6.07, 6.45) is -1.76. The fourth-order valence-electron chi connectivity index (χ4n) is 3.94. The summed E-state index contributed by atoms with van der Waals surface area (Å²) >= 11 is 0. The number of halogens is 1. The highest BCUT2D eigenvalue weighted by Gasteiger charge is 2.53. The lowest BCUT2D eigenvalue weighted by Crippen LogP contribution is -2.68. The van der Waals surface area contributed by atoms with E-state index >= 15 is 0 Å². The minimum absolute atomic E-state index is 0.178. The van der Waals surface area contributed by atoms with Gasteiger partial charge in [0.1, 0.15) is 0 Å². The molecule has 0 heterocycles. The largest absolute Gasteiger partial charge is 0.401 e. The second-order valence-electron chi connectivity index (χ2n) is 7.91. The van der Waals surface area contributed by atoms with E-state index in [1.807, 2.05) is 36.4 Å². The van der Waals surface area contributed by atoms with Crippen molar-refractivity contribution in [3.05, 3.63) is 60.7 Å². The quantitative estimate of drug-likeness (QED) is 0.849. The average Bonchev–Trinajstić information content (AvgIpc) is 2.92. The van der Waals surface area contributed by atoms with Crippen LogP contribution in [0.5, 0.6) is 0 Å². The minimum Gasteiger partial charge on any atom is -0.401 e. The van der Waals surface area contributed by atoms with Crippen molar-refractivity contribution in [3.63, 3.8) is 0 Å². The van der Waals surface area contributed by atoms with Gasteiger partial charge in [0.15, 0.2) is 6.17 Å². The molecule has 1 fully saturated rings. The van der Waals surface area contributed by atoms with E-state index in [0.717, 1.165) is 10.4 Å². The van der Waals surface area contributed by atoms with Crippen LogP contribution in [0.15, 0.2) is 60.7 Å². The van der Waals surface area contributed by atoms with Crippen LogP contribution in [-0.4, -0.2) is 31.8 Å². The topological polar surface area (TPSA) is 29.5 Å². The Bertz CT molecular complexity index is 645. The molecule has 3 atom stereocenters. The highest BCUT2D eigenvalue weighted by molar-refractivity contribution is 6.99. The molecule has 134 valence electrons. The third-order valence-corrected chi connectivity index (χ3v) is 10.3. The minimum atomic E-state index is -2.74. The van der Waals surface area contributed by atoms with Gasteiger partial charge in [-0.15, -0.1) is 0 Å². The van der Waals surface area contributed by atoms with Crippen LogP contribution in [0.1, 0.15) is 33.6 Å². The van der Waals surface area contributed by atoms with Gasteiger partial charge in [0.2, 0.25) is 0 Å². The van der Waals surface area contributed by atoms with Crippen LogP contribution in [0.3, 0.4) is 0 Å². The Morgan fingerprint density at radius 3 is 1.76 bits per heavy atom. The molecule has 4 heteroatoms. The molecule has 25 heavy (non-hydrogen) atoms. The van der Waals surface area contributed by atoms with Gasteiger partial charge >= 0.3 is 0 Å². The van der Waals surface area contributed by atoms with Crippen LogP contribution in [0.4, 0.5) is 4.39 Å². The lowest BCUT2D eigenvalue weighted by Gasteiger charge is -2.45. The third kappa shape index (κ3) is 3.31. The second-order valence-corrected chi connectivity index (χ2v) is 12.2. The molecule has 0 aliphatic heterocycles. The number of hydrogen-bond acceptors (Lipinski definition) is 2. The highest BCUT2D eigenvalue weighted by Crippen LogP contribution is 2.40. The summed E-state index contributed by atoms with van der Waals surface area (Å²) in [4.78, 5) is 0. The van der Waals surface area contributed by atoms with Gasteiger partial charge in [-0.1, -0.05) is 81.4 Å². The predicted octanol–water partition coefficient (Wildman–Crippen LogP) is 3.42. The Hall–Kier alpha value is -1.49. The van der Waals surface area contributed by atoms with E-state index < -0.39 is 26.7 Å². The van der Waals surface area contributed by atoms with Crippen molar-refractivity contribution in [2.75, 3.05) is 0 Å². The van der Waals surface area contributed by atoms with Crippen molar-refractivity contribution >= 4 is 18.7 Å². The van der Waals surface area contributed by atoms with Crippen LogP contribution in [0.2, 0.25) is 5.04 Å². The summed E-state index contributed by atoms with van der Waals surface area (Å²) in [6, 6.07) is 20.5. The van der Waals surface area contributed by atoms with Crippen LogP contribution < -0.4 is 10.4 Å². The summed E-state index contributed by atoms with van der Waals surface area (Å²) in [5.74, 6) is 0. The standard InChI is InChI=1S/C21H27FO2Si/c1-21(2,3)25(16-10-6-4-7-11-16,17-12-8-5-9-13-17)24-19-15-14-18(23)20(19)22/h4-13,18-20,23H,14-15H2,1-3H3.